The van der Waals surface area contributed by atoms with Crippen molar-refractivity contribution in [3.8, 4) is 0 Å². The van der Waals surface area contributed by atoms with E-state index in [2.05, 4.69) is 4.98 Å². The Morgan fingerprint density at radius 2 is 1.86 bits per heavy atom. The lowest BCUT2D eigenvalue weighted by Crippen LogP contribution is -2.10. The topological polar surface area (TPSA) is 138 Å². The van der Waals surface area contributed by atoms with Crippen molar-refractivity contribution in [1.82, 2.24) is 9.55 Å². The van der Waals surface area contributed by atoms with Gasteiger partial charge in [0.1, 0.15) is 0 Å². The van der Waals surface area contributed by atoms with Gasteiger partial charge in [-0.2, -0.15) is 0 Å². The van der Waals surface area contributed by atoms with Crippen molar-refractivity contribution in [2.45, 2.75) is 9.92 Å². The minimum absolute atomic E-state index is 0.414. The zero-order chi connectivity index (χ0) is 15.8. The van der Waals surface area contributed by atoms with Crippen LogP contribution in [0.15, 0.2) is 40.5 Å². The van der Waals surface area contributed by atoms with E-state index in [-0.39, 0.29) is 0 Å². The van der Waals surface area contributed by atoms with Crippen LogP contribution < -0.4 is 0 Å². The Labute approximate surface area is 117 Å². The van der Waals surface area contributed by atoms with Gasteiger partial charge in [0.15, 0.2) is 0 Å². The molecule has 110 valence electrons. The first-order valence-electron chi connectivity index (χ1n) is 5.40. The molecule has 0 saturated carbocycles. The molecule has 0 unspecified atom stereocenters. The Balaban J connectivity index is 2.68. The zero-order valence-electron chi connectivity index (χ0n) is 10.5. The largest absolute Gasteiger partial charge is 0.401 e. The number of imidazole rings is 1. The molecule has 21 heavy (non-hydrogen) atoms. The lowest BCUT2D eigenvalue weighted by atomic mass is 10.3. The summed E-state index contributed by atoms with van der Waals surface area (Å²) < 4.78 is 25.8. The predicted octanol–water partition coefficient (Wildman–Crippen LogP) is 1.07. The summed E-state index contributed by atoms with van der Waals surface area (Å²) in [4.78, 5) is 22.9. The van der Waals surface area contributed by atoms with Gasteiger partial charge in [0.05, 0.1) is 9.82 Å². The molecule has 0 saturated heterocycles. The van der Waals surface area contributed by atoms with E-state index in [1.807, 2.05) is 0 Å². The minimum Gasteiger partial charge on any atom is -0.358 e. The van der Waals surface area contributed by atoms with Crippen LogP contribution in [0, 0.1) is 20.2 Å². The summed E-state index contributed by atoms with van der Waals surface area (Å²) in [5.74, 6) is -0.830. The molecule has 0 aliphatic carbocycles. The smallest absolute Gasteiger partial charge is 0.358 e. The van der Waals surface area contributed by atoms with Crippen LogP contribution in [-0.4, -0.2) is 27.8 Å². The van der Waals surface area contributed by atoms with E-state index < -0.39 is 41.1 Å². The van der Waals surface area contributed by atoms with Crippen molar-refractivity contribution in [2.75, 3.05) is 0 Å². The van der Waals surface area contributed by atoms with Crippen LogP contribution in [0.2, 0.25) is 0 Å². The molecule has 2 aromatic rings. The van der Waals surface area contributed by atoms with E-state index in [9.17, 15) is 28.6 Å². The first-order chi connectivity index (χ1) is 9.75. The van der Waals surface area contributed by atoms with Crippen LogP contribution in [0.5, 0.6) is 0 Å². The summed E-state index contributed by atoms with van der Waals surface area (Å²) in [7, 11) is -3.02. The number of aryl methyl sites for hydroxylation is 1. The van der Waals surface area contributed by atoms with Gasteiger partial charge < -0.3 is 10.1 Å². The van der Waals surface area contributed by atoms with E-state index in [4.69, 9.17) is 0 Å². The molecule has 1 aromatic heterocycles. The Morgan fingerprint density at radius 3 is 2.43 bits per heavy atom. The van der Waals surface area contributed by atoms with Crippen molar-refractivity contribution in [3.63, 3.8) is 0 Å². The second kappa shape index (κ2) is 4.94. The van der Waals surface area contributed by atoms with Crippen molar-refractivity contribution < 1.29 is 18.3 Å². The minimum atomic E-state index is -4.30. The van der Waals surface area contributed by atoms with Crippen LogP contribution in [-0.2, 0) is 16.9 Å². The molecule has 0 aliphatic heterocycles. The number of hydrogen-bond acceptors (Lipinski definition) is 7. The monoisotopic (exact) mass is 312 g/mol. The first-order valence-corrected chi connectivity index (χ1v) is 6.88. The van der Waals surface area contributed by atoms with Crippen molar-refractivity contribution in [2.24, 2.45) is 7.05 Å². The van der Waals surface area contributed by atoms with Crippen molar-refractivity contribution in [1.29, 1.82) is 0 Å². The number of benzene rings is 1. The van der Waals surface area contributed by atoms with Crippen LogP contribution in [0.25, 0.3) is 0 Å². The molecule has 0 bridgehead atoms. The molecule has 11 heteroatoms. The molecule has 10 nitrogen and oxygen atoms in total. The maximum absolute atomic E-state index is 12.4. The lowest BCUT2D eigenvalue weighted by Gasteiger charge is -2.04. The molecule has 0 radical (unpaired) electrons. The maximum Gasteiger partial charge on any atom is 0.401 e. The van der Waals surface area contributed by atoms with Gasteiger partial charge in [0.25, 0.3) is 5.69 Å². The third-order valence-corrected chi connectivity index (χ3v) is 4.49. The molecule has 1 heterocycles. The summed E-state index contributed by atoms with van der Waals surface area (Å²) in [6, 6.07) is 4.27. The number of aromatic nitrogens is 2. The summed E-state index contributed by atoms with van der Waals surface area (Å²) in [5, 5.41) is 20.9. The summed E-state index contributed by atoms with van der Waals surface area (Å²) in [5.41, 5.74) is -0.430. The van der Waals surface area contributed by atoms with E-state index in [0.717, 1.165) is 29.1 Å². The van der Waals surface area contributed by atoms with Crippen LogP contribution in [0.4, 0.5) is 11.5 Å². The quantitative estimate of drug-likeness (QED) is 0.607. The van der Waals surface area contributed by atoms with Crippen molar-refractivity contribution in [3.05, 3.63) is 50.8 Å². The molecule has 1 aromatic carbocycles. The highest BCUT2D eigenvalue weighted by atomic mass is 32.2. The molecular formula is C10H8N4O6S. The second-order valence-corrected chi connectivity index (χ2v) is 5.86. The van der Waals surface area contributed by atoms with Crippen LogP contribution in [0.3, 0.4) is 0 Å². The van der Waals surface area contributed by atoms with Gasteiger partial charge in [0, 0.05) is 19.2 Å². The fourth-order valence-electron chi connectivity index (χ4n) is 1.72. The van der Waals surface area contributed by atoms with Gasteiger partial charge in [-0.1, -0.05) is 6.07 Å². The van der Waals surface area contributed by atoms with Crippen LogP contribution in [0.1, 0.15) is 0 Å². The Morgan fingerprint density at radius 1 is 1.19 bits per heavy atom. The fraction of sp³-hybridized carbons (Fsp3) is 0.100. The third-order valence-electron chi connectivity index (χ3n) is 2.63. The van der Waals surface area contributed by atoms with E-state index in [0.29, 0.717) is 0 Å². The number of hydrogen-bond donors (Lipinski definition) is 0. The summed E-state index contributed by atoms with van der Waals surface area (Å²) >= 11 is 0. The van der Waals surface area contributed by atoms with Gasteiger partial charge in [-0.15, -0.1) is 0 Å². The Hall–Kier alpha value is -2.82. The van der Waals surface area contributed by atoms with Gasteiger partial charge in [-0.25, -0.2) is 8.42 Å². The first kappa shape index (κ1) is 14.6. The highest BCUT2D eigenvalue weighted by Crippen LogP contribution is 2.29. The van der Waals surface area contributed by atoms with Crippen molar-refractivity contribution >= 4 is 21.3 Å². The molecule has 0 fully saturated rings. The molecule has 2 rings (SSSR count). The van der Waals surface area contributed by atoms with E-state index >= 15 is 0 Å². The average Bonchev–Trinajstić information content (AvgIpc) is 2.81. The summed E-state index contributed by atoms with van der Waals surface area (Å²) in [6.45, 7) is 0. The molecule has 0 amide bonds. The number of sulfone groups is 1. The molecule has 0 aliphatic rings. The average molecular weight is 312 g/mol. The second-order valence-electron chi connectivity index (χ2n) is 4.00. The van der Waals surface area contributed by atoms with E-state index in [1.165, 1.54) is 13.1 Å². The predicted molar refractivity (Wildman–Crippen MR) is 68.4 cm³/mol. The number of rotatable bonds is 4. The number of nitro benzene ring substituents is 1. The zero-order valence-corrected chi connectivity index (χ0v) is 11.3. The van der Waals surface area contributed by atoms with Gasteiger partial charge >= 0.3 is 5.82 Å². The number of non-ortho nitro benzene ring substituents is 1. The standard InChI is InChI=1S/C10H8N4O6S/c1-12-6-11-9(14(17)18)10(12)21(19,20)8-4-2-3-7(5-8)13(15)16/h2-6H,1H3. The van der Waals surface area contributed by atoms with E-state index in [1.54, 1.807) is 0 Å². The Kier molecular flexibility index (Phi) is 3.43. The summed E-state index contributed by atoms with van der Waals surface area (Å²) in [6.07, 6.45) is 0.988. The SMILES string of the molecule is Cn1cnc([N+](=O)[O-])c1S(=O)(=O)c1cccc([N+](=O)[O-])c1. The number of nitro groups is 2. The van der Waals surface area contributed by atoms with Crippen LogP contribution >= 0.6 is 0 Å². The van der Waals surface area contributed by atoms with Gasteiger partial charge in [0.2, 0.25) is 21.2 Å². The van der Waals surface area contributed by atoms with Gasteiger partial charge in [-0.05, 0) is 16.0 Å². The maximum atomic E-state index is 12.4. The molecular weight excluding hydrogens is 304 g/mol. The Bertz CT molecular complexity index is 841. The molecule has 0 N–H and O–H groups in total. The highest BCUT2D eigenvalue weighted by Gasteiger charge is 2.33. The third kappa shape index (κ3) is 2.45. The fourth-order valence-corrected chi connectivity index (χ4v) is 3.27. The normalized spacial score (nSPS) is 11.3. The molecule has 0 atom stereocenters. The highest BCUT2D eigenvalue weighted by molar-refractivity contribution is 7.91. The van der Waals surface area contributed by atoms with Gasteiger partial charge in [-0.3, -0.25) is 14.7 Å². The lowest BCUT2D eigenvalue weighted by molar-refractivity contribution is -0.392. The molecule has 0 spiro atoms. The number of nitrogens with zero attached hydrogens (tertiary/aromatic N) is 4.